The second-order valence-corrected chi connectivity index (χ2v) is 9.75. The van der Waals surface area contributed by atoms with Gasteiger partial charge in [-0.25, -0.2) is 14.4 Å². The van der Waals surface area contributed by atoms with Crippen LogP contribution >= 0.6 is 0 Å². The molecule has 0 saturated carbocycles. The largest absolute Gasteiger partial charge is 0.459 e. The molecule has 2 heterocycles. The summed E-state index contributed by atoms with van der Waals surface area (Å²) in [5.74, 6) is -2.04. The Morgan fingerprint density at radius 1 is 0.738 bits per heavy atom. The van der Waals surface area contributed by atoms with Gasteiger partial charge in [-0.15, -0.1) is 0 Å². The van der Waals surface area contributed by atoms with E-state index in [9.17, 15) is 19.2 Å². The molecule has 2 aliphatic heterocycles. The van der Waals surface area contributed by atoms with E-state index in [0.717, 1.165) is 0 Å². The standard InChI is InChI=1S/C33H29NO8/c1-22(35)26-18-11-19-34(20-26)30-29(42-33(38)25-16-9-4-10-17-25)28(41-32(37)24-14-7-3-8-15-24)27(40-30)21-39-31(36)23-12-5-2-6-13-23/h2-17,19-20,27-30H,18,21H2,1H3/t27-,28-,29-,30-/m1/s1. The van der Waals surface area contributed by atoms with Gasteiger partial charge >= 0.3 is 17.9 Å². The molecular weight excluding hydrogens is 538 g/mol. The molecule has 214 valence electrons. The molecule has 9 heteroatoms. The van der Waals surface area contributed by atoms with E-state index in [1.54, 1.807) is 114 Å². The number of carbonyl (C=O) groups excluding carboxylic acids is 4. The van der Waals surface area contributed by atoms with Gasteiger partial charge < -0.3 is 23.8 Å². The molecule has 0 amide bonds. The molecule has 3 aromatic carbocycles. The van der Waals surface area contributed by atoms with Crippen LogP contribution in [0.4, 0.5) is 0 Å². The first-order valence-corrected chi connectivity index (χ1v) is 13.5. The van der Waals surface area contributed by atoms with Crippen LogP contribution < -0.4 is 0 Å². The Labute approximate surface area is 242 Å². The van der Waals surface area contributed by atoms with Gasteiger partial charge in [0.1, 0.15) is 12.7 Å². The number of esters is 3. The van der Waals surface area contributed by atoms with E-state index in [1.807, 2.05) is 0 Å². The number of nitrogens with zero attached hydrogens (tertiary/aromatic N) is 1. The number of ketones is 1. The molecule has 3 aromatic rings. The molecule has 2 aliphatic rings. The van der Waals surface area contributed by atoms with Crippen molar-refractivity contribution in [2.75, 3.05) is 6.61 Å². The van der Waals surface area contributed by atoms with Gasteiger partial charge in [-0.1, -0.05) is 60.7 Å². The summed E-state index contributed by atoms with van der Waals surface area (Å²) in [6, 6.07) is 25.2. The molecular formula is C33H29NO8. The van der Waals surface area contributed by atoms with Gasteiger partial charge in [0.25, 0.3) is 0 Å². The van der Waals surface area contributed by atoms with Gasteiger partial charge in [0.2, 0.25) is 0 Å². The molecule has 0 radical (unpaired) electrons. The summed E-state index contributed by atoms with van der Waals surface area (Å²) in [7, 11) is 0. The van der Waals surface area contributed by atoms with E-state index in [2.05, 4.69) is 0 Å². The Kier molecular flexibility index (Phi) is 8.89. The van der Waals surface area contributed by atoms with Crippen molar-refractivity contribution in [3.63, 3.8) is 0 Å². The molecule has 5 rings (SSSR count). The second-order valence-electron chi connectivity index (χ2n) is 9.75. The summed E-state index contributed by atoms with van der Waals surface area (Å²) in [4.78, 5) is 53.0. The van der Waals surface area contributed by atoms with Crippen molar-refractivity contribution in [2.45, 2.75) is 37.9 Å². The van der Waals surface area contributed by atoms with Gasteiger partial charge in [-0.05, 0) is 49.7 Å². The first-order chi connectivity index (χ1) is 20.4. The van der Waals surface area contributed by atoms with Gasteiger partial charge in [0.05, 0.1) is 16.7 Å². The highest BCUT2D eigenvalue weighted by molar-refractivity contribution is 5.93. The zero-order valence-corrected chi connectivity index (χ0v) is 22.8. The molecule has 0 N–H and O–H groups in total. The van der Waals surface area contributed by atoms with Crippen LogP contribution in [0.3, 0.4) is 0 Å². The smallest absolute Gasteiger partial charge is 0.338 e. The number of allylic oxidation sites excluding steroid dienone is 2. The minimum absolute atomic E-state index is 0.124. The van der Waals surface area contributed by atoms with Crippen molar-refractivity contribution in [1.82, 2.24) is 4.90 Å². The summed E-state index contributed by atoms with van der Waals surface area (Å²) >= 11 is 0. The number of carbonyl (C=O) groups is 4. The van der Waals surface area contributed by atoms with E-state index in [-0.39, 0.29) is 23.5 Å². The fourth-order valence-electron chi connectivity index (χ4n) is 4.67. The SMILES string of the molecule is CC(=O)C1=CN([C@@H]2O[C@H](COC(=O)c3ccccc3)[C@@H](OC(=O)c3ccccc3)[C@H]2OC(=O)c2ccccc2)C=CC1. The summed E-state index contributed by atoms with van der Waals surface area (Å²) in [6.07, 6.45) is 1.20. The van der Waals surface area contributed by atoms with Crippen LogP contribution in [-0.2, 0) is 23.7 Å². The number of rotatable bonds is 9. The third-order valence-electron chi connectivity index (χ3n) is 6.85. The maximum Gasteiger partial charge on any atom is 0.338 e. The zero-order chi connectivity index (χ0) is 29.5. The second kappa shape index (κ2) is 13.1. The fraction of sp³-hybridized carbons (Fsp3) is 0.212. The highest BCUT2D eigenvalue weighted by Crippen LogP contribution is 2.33. The Morgan fingerprint density at radius 3 is 1.76 bits per heavy atom. The molecule has 1 saturated heterocycles. The fourth-order valence-corrected chi connectivity index (χ4v) is 4.67. The van der Waals surface area contributed by atoms with Crippen LogP contribution in [0.25, 0.3) is 0 Å². The quantitative estimate of drug-likeness (QED) is 0.268. The van der Waals surface area contributed by atoms with Crippen molar-refractivity contribution in [3.05, 3.63) is 132 Å². The Hall–Kier alpha value is -5.02. The lowest BCUT2D eigenvalue weighted by Crippen LogP contribution is -2.45. The third kappa shape index (κ3) is 6.64. The van der Waals surface area contributed by atoms with Crippen LogP contribution in [-0.4, -0.2) is 59.7 Å². The maximum atomic E-state index is 13.3. The van der Waals surface area contributed by atoms with Gasteiger partial charge in [0, 0.05) is 18.0 Å². The summed E-state index contributed by atoms with van der Waals surface area (Å²) in [5.41, 5.74) is 1.43. The van der Waals surface area contributed by atoms with Crippen LogP contribution in [0.5, 0.6) is 0 Å². The summed E-state index contributed by atoms with van der Waals surface area (Å²) in [5, 5.41) is 0. The topological polar surface area (TPSA) is 108 Å². The Morgan fingerprint density at radius 2 is 1.24 bits per heavy atom. The first-order valence-electron chi connectivity index (χ1n) is 13.5. The minimum atomic E-state index is -1.16. The van der Waals surface area contributed by atoms with Crippen molar-refractivity contribution in [3.8, 4) is 0 Å². The number of ether oxygens (including phenoxy) is 4. The van der Waals surface area contributed by atoms with Crippen molar-refractivity contribution < 1.29 is 38.1 Å². The van der Waals surface area contributed by atoms with Crippen LogP contribution in [0.2, 0.25) is 0 Å². The lowest BCUT2D eigenvalue weighted by Gasteiger charge is -2.31. The van der Waals surface area contributed by atoms with E-state index in [0.29, 0.717) is 17.6 Å². The lowest BCUT2D eigenvalue weighted by atomic mass is 10.1. The first kappa shape index (κ1) is 28.5. The Bertz CT molecular complexity index is 1490. The van der Waals surface area contributed by atoms with E-state index >= 15 is 0 Å². The predicted octanol–water partition coefficient (Wildman–Crippen LogP) is 4.71. The maximum absolute atomic E-state index is 13.3. The van der Waals surface area contributed by atoms with Crippen LogP contribution in [0.15, 0.2) is 115 Å². The molecule has 4 atom stereocenters. The molecule has 42 heavy (non-hydrogen) atoms. The van der Waals surface area contributed by atoms with Crippen LogP contribution in [0.1, 0.15) is 44.4 Å². The third-order valence-corrected chi connectivity index (χ3v) is 6.85. The van der Waals surface area contributed by atoms with Crippen LogP contribution in [0, 0.1) is 0 Å². The average Bonchev–Trinajstić information content (AvgIpc) is 3.37. The number of hydrogen-bond acceptors (Lipinski definition) is 9. The molecule has 9 nitrogen and oxygen atoms in total. The van der Waals surface area contributed by atoms with Gasteiger partial charge in [0.15, 0.2) is 24.2 Å². The molecule has 0 bridgehead atoms. The molecule has 0 spiro atoms. The van der Waals surface area contributed by atoms with Crippen molar-refractivity contribution >= 4 is 23.7 Å². The number of Topliss-reactive ketones (excluding diaryl/α,β-unsaturated/α-hetero) is 1. The monoisotopic (exact) mass is 567 g/mol. The van der Waals surface area contributed by atoms with Crippen molar-refractivity contribution in [1.29, 1.82) is 0 Å². The summed E-state index contributed by atoms with van der Waals surface area (Å²) in [6.45, 7) is 1.17. The van der Waals surface area contributed by atoms with Gasteiger partial charge in [-0.2, -0.15) is 0 Å². The average molecular weight is 568 g/mol. The zero-order valence-electron chi connectivity index (χ0n) is 22.8. The lowest BCUT2D eigenvalue weighted by molar-refractivity contribution is -0.114. The normalized spacial score (nSPS) is 21.3. The van der Waals surface area contributed by atoms with E-state index in [4.69, 9.17) is 18.9 Å². The van der Waals surface area contributed by atoms with E-state index < -0.39 is 42.4 Å². The summed E-state index contributed by atoms with van der Waals surface area (Å²) < 4.78 is 23.7. The Balaban J connectivity index is 1.47. The molecule has 1 fully saturated rings. The van der Waals surface area contributed by atoms with E-state index in [1.165, 1.54) is 6.92 Å². The molecule has 0 aliphatic carbocycles. The molecule has 0 unspecified atom stereocenters. The van der Waals surface area contributed by atoms with Gasteiger partial charge in [-0.3, -0.25) is 4.79 Å². The predicted molar refractivity (Wildman–Crippen MR) is 151 cm³/mol. The molecule has 0 aromatic heterocycles. The highest BCUT2D eigenvalue weighted by atomic mass is 16.7. The number of benzene rings is 3. The minimum Gasteiger partial charge on any atom is -0.459 e. The number of hydrogen-bond donors (Lipinski definition) is 0. The van der Waals surface area contributed by atoms with Crippen molar-refractivity contribution in [2.24, 2.45) is 0 Å². The highest BCUT2D eigenvalue weighted by Gasteiger charge is 2.52.